The van der Waals surface area contributed by atoms with Gasteiger partial charge in [0.15, 0.2) is 0 Å². The third-order valence-electron chi connectivity index (χ3n) is 8.95. The first kappa shape index (κ1) is 42.3. The van der Waals surface area contributed by atoms with Crippen molar-refractivity contribution in [3.8, 4) is 36.4 Å². The van der Waals surface area contributed by atoms with E-state index < -0.39 is 111 Å². The van der Waals surface area contributed by atoms with Crippen LogP contribution in [0.1, 0.15) is 64.0 Å². The summed E-state index contributed by atoms with van der Waals surface area (Å²) in [4.78, 5) is -5.88. The number of nitrogens with zero attached hydrogens (tertiary/aromatic N) is 6. The normalized spacial score (nSPS) is 15.8. The van der Waals surface area contributed by atoms with Gasteiger partial charge in [-0.15, -0.1) is 22.7 Å². The molecule has 0 saturated carbocycles. The first-order valence-electron chi connectivity index (χ1n) is 16.0. The van der Waals surface area contributed by atoms with Gasteiger partial charge in [0.05, 0.1) is 66.4 Å². The second kappa shape index (κ2) is 14.8. The second-order valence-corrected chi connectivity index (χ2v) is 14.3. The van der Waals surface area contributed by atoms with Gasteiger partial charge in [-0.25, -0.2) is 0 Å². The minimum absolute atomic E-state index is 0.206. The average Bonchev–Trinajstić information content (AvgIpc) is 3.95. The van der Waals surface area contributed by atoms with E-state index in [1.54, 1.807) is 12.1 Å². The molecule has 6 rings (SSSR count). The number of halogens is 12. The molecule has 2 aliphatic rings. The van der Waals surface area contributed by atoms with Gasteiger partial charge in [0.25, 0.3) is 0 Å². The number of thiophene rings is 2. The van der Waals surface area contributed by atoms with Gasteiger partial charge in [0, 0.05) is 22.3 Å². The summed E-state index contributed by atoms with van der Waals surface area (Å²) in [6.07, 6.45) is -21.5. The molecule has 2 aliphatic carbocycles. The number of hydrogen-bond donors (Lipinski definition) is 0. The molecule has 60 heavy (non-hydrogen) atoms. The molecule has 0 saturated heterocycles. The molecule has 0 bridgehead atoms. The predicted octanol–water partition coefficient (Wildman–Crippen LogP) is 12.1. The van der Waals surface area contributed by atoms with Crippen LogP contribution in [0, 0.1) is 68.0 Å². The van der Waals surface area contributed by atoms with Crippen LogP contribution in [0.3, 0.4) is 0 Å². The molecule has 2 aromatic heterocycles. The van der Waals surface area contributed by atoms with Crippen LogP contribution in [0.5, 0.6) is 0 Å². The molecule has 2 heterocycles. The van der Waals surface area contributed by atoms with Crippen LogP contribution in [0.25, 0.3) is 22.3 Å². The number of nitriles is 6. The molecule has 0 radical (unpaired) electrons. The quantitative estimate of drug-likeness (QED) is 0.148. The number of alkyl halides is 12. The highest BCUT2D eigenvalue weighted by Gasteiger charge is 2.52. The van der Waals surface area contributed by atoms with Gasteiger partial charge in [-0.05, 0) is 46.6 Å². The lowest BCUT2D eigenvalue weighted by molar-refractivity contribution is -0.161. The summed E-state index contributed by atoms with van der Waals surface area (Å²) in [6.45, 7) is 0. The molecule has 0 aliphatic heterocycles. The zero-order valence-corrected chi connectivity index (χ0v) is 30.4. The monoisotopic (exact) mass is 866 g/mol. The van der Waals surface area contributed by atoms with Crippen molar-refractivity contribution in [2.45, 2.75) is 24.7 Å². The molecular formula is C40H10F12N6S2. The van der Waals surface area contributed by atoms with E-state index in [9.17, 15) is 84.3 Å². The smallest absolute Gasteiger partial charge is 0.192 e. The first-order chi connectivity index (χ1) is 28.1. The maximum Gasteiger partial charge on any atom is 0.419 e. The summed E-state index contributed by atoms with van der Waals surface area (Å²) in [5.41, 5.74) is -16.2. The van der Waals surface area contributed by atoms with Crippen LogP contribution < -0.4 is 0 Å². The molecule has 0 spiro atoms. The zero-order valence-electron chi connectivity index (χ0n) is 28.8. The number of benzene rings is 2. The van der Waals surface area contributed by atoms with Gasteiger partial charge in [0.1, 0.15) is 34.0 Å². The first-order valence-corrected chi connectivity index (χ1v) is 17.6. The van der Waals surface area contributed by atoms with Crippen LogP contribution in [-0.4, -0.2) is 0 Å². The van der Waals surface area contributed by atoms with Crippen LogP contribution in [0.4, 0.5) is 52.7 Å². The molecule has 296 valence electrons. The molecule has 0 amide bonds. The maximum absolute atomic E-state index is 14.7. The lowest BCUT2D eigenvalue weighted by Gasteiger charge is -2.17. The largest absolute Gasteiger partial charge is 0.419 e. The van der Waals surface area contributed by atoms with Gasteiger partial charge < -0.3 is 0 Å². The molecule has 2 aromatic carbocycles. The van der Waals surface area contributed by atoms with Crippen LogP contribution >= 0.6 is 22.7 Å². The van der Waals surface area contributed by atoms with Gasteiger partial charge in [-0.1, -0.05) is 36.4 Å². The summed E-state index contributed by atoms with van der Waals surface area (Å²) >= 11 is -0.717. The van der Waals surface area contributed by atoms with Gasteiger partial charge >= 0.3 is 24.7 Å². The van der Waals surface area contributed by atoms with Crippen LogP contribution in [-0.2, 0) is 24.7 Å². The van der Waals surface area contributed by atoms with E-state index in [1.165, 1.54) is 60.7 Å². The Kier molecular flexibility index (Phi) is 10.4. The second-order valence-electron chi connectivity index (χ2n) is 12.2. The summed E-state index contributed by atoms with van der Waals surface area (Å²) < 4.78 is 174. The molecule has 0 unspecified atom stereocenters. The third-order valence-corrected chi connectivity index (χ3v) is 11.2. The van der Waals surface area contributed by atoms with Gasteiger partial charge in [-0.2, -0.15) is 84.3 Å². The van der Waals surface area contributed by atoms with Crippen molar-refractivity contribution in [1.29, 1.82) is 31.6 Å². The van der Waals surface area contributed by atoms with Crippen LogP contribution in [0.15, 0.2) is 83.0 Å². The van der Waals surface area contributed by atoms with E-state index in [0.717, 1.165) is 24.3 Å². The summed E-state index contributed by atoms with van der Waals surface area (Å²) in [5.74, 6) is 0. The highest BCUT2D eigenvalue weighted by atomic mass is 32.1. The van der Waals surface area contributed by atoms with Crippen molar-refractivity contribution in [3.05, 3.63) is 147 Å². The average molecular weight is 867 g/mol. The van der Waals surface area contributed by atoms with Crippen molar-refractivity contribution in [2.24, 2.45) is 0 Å². The molecule has 0 atom stereocenters. The van der Waals surface area contributed by atoms with Gasteiger partial charge in [0.2, 0.25) is 0 Å². The fraction of sp³-hybridized carbons (Fsp3) is 0.100. The van der Waals surface area contributed by atoms with Crippen molar-refractivity contribution < 1.29 is 52.7 Å². The Morgan fingerprint density at radius 1 is 0.433 bits per heavy atom. The van der Waals surface area contributed by atoms with E-state index in [2.05, 4.69) is 0 Å². The Morgan fingerprint density at radius 3 is 1.02 bits per heavy atom. The molecule has 6 nitrogen and oxygen atoms in total. The number of rotatable bonds is 4. The van der Waals surface area contributed by atoms with Crippen molar-refractivity contribution in [1.82, 2.24) is 0 Å². The zero-order chi connectivity index (χ0) is 44.3. The lowest BCUT2D eigenvalue weighted by Crippen LogP contribution is -2.17. The molecule has 0 N–H and O–H groups in total. The van der Waals surface area contributed by atoms with Gasteiger partial charge in [-0.3, -0.25) is 0 Å². The van der Waals surface area contributed by atoms with E-state index in [4.69, 9.17) is 0 Å². The minimum Gasteiger partial charge on any atom is -0.192 e. The molecule has 0 fully saturated rings. The molecular weight excluding hydrogens is 857 g/mol. The van der Waals surface area contributed by atoms with Crippen molar-refractivity contribution >= 4 is 45.0 Å². The predicted molar refractivity (Wildman–Crippen MR) is 188 cm³/mol. The van der Waals surface area contributed by atoms with E-state index in [0.29, 0.717) is 0 Å². The Bertz CT molecular complexity index is 2790. The Balaban J connectivity index is 1.89. The summed E-state index contributed by atoms with van der Waals surface area (Å²) in [6, 6.07) is 18.7. The summed E-state index contributed by atoms with van der Waals surface area (Å²) in [7, 11) is 0. The third kappa shape index (κ3) is 6.88. The standard InChI is InChI=1S/C40H10F12N6S2/c41-37(42,43)31-27(15-57)59-35(33(31)39(47,48)49)25(13-55)29-21(19-7-3-1-5-17(19)11-53)9-23-24(29)10-22(20-8-4-2-6-18(20)12-54)30(23)26(14-56)36-34(40(50,51)52)32(38(44,45)46)28(16-58)60-36/h1-10H/b29-25-,30-26-. The van der Waals surface area contributed by atoms with E-state index >= 15 is 0 Å². The minimum atomic E-state index is -5.89. The van der Waals surface area contributed by atoms with E-state index in [1.807, 2.05) is 0 Å². The highest BCUT2D eigenvalue weighted by Crippen LogP contribution is 2.58. The Morgan fingerprint density at radius 2 is 0.750 bits per heavy atom. The lowest BCUT2D eigenvalue weighted by atomic mass is 9.86. The SMILES string of the molecule is N#C/C(=C1\C(c2ccccc2C#N)=CC2=C1C=C(c1ccccc1C#N)/C2=C(\C#N)c1sc(C#N)c(C(F)(F)F)c1C(F)(F)F)c1sc(C#N)c(C(F)(F)F)c1C(F)(F)F. The molecule has 4 aromatic rings. The van der Waals surface area contributed by atoms with Crippen molar-refractivity contribution in [3.63, 3.8) is 0 Å². The highest BCUT2D eigenvalue weighted by molar-refractivity contribution is 7.14. The van der Waals surface area contributed by atoms with Crippen LogP contribution in [0.2, 0.25) is 0 Å². The molecule has 20 heteroatoms. The maximum atomic E-state index is 14.7. The van der Waals surface area contributed by atoms with Crippen molar-refractivity contribution in [2.75, 3.05) is 0 Å². The number of hydrogen-bond acceptors (Lipinski definition) is 8. The summed E-state index contributed by atoms with van der Waals surface area (Å²) in [5, 5.41) is 60.3. The Hall–Kier alpha value is -7.36. The number of allylic oxidation sites excluding steroid dienone is 10. The Labute approximate surface area is 336 Å². The fourth-order valence-corrected chi connectivity index (χ4v) is 9.06. The van der Waals surface area contributed by atoms with E-state index in [-0.39, 0.29) is 44.9 Å². The topological polar surface area (TPSA) is 143 Å². The fourth-order valence-electron chi connectivity index (χ4n) is 6.78.